The second-order valence-corrected chi connectivity index (χ2v) is 3.16. The first-order chi connectivity index (χ1) is 5.22. The van der Waals surface area contributed by atoms with Crippen LogP contribution in [-0.4, -0.2) is 22.1 Å². The Morgan fingerprint density at radius 1 is 1.91 bits per heavy atom. The number of imidazole rings is 1. The molecule has 0 aliphatic carbocycles. The topological polar surface area (TPSA) is 63.9 Å². The lowest BCUT2D eigenvalue weighted by Gasteiger charge is -2.03. The third-order valence-corrected chi connectivity index (χ3v) is 1.96. The number of halogens is 1. The highest BCUT2D eigenvalue weighted by atomic mass is 79.9. The molecule has 0 fully saturated rings. The molecule has 62 valence electrons. The average Bonchev–Trinajstić information content (AvgIpc) is 2.35. The molecule has 3 N–H and O–H groups in total. The maximum atomic E-state index is 5.42. The summed E-state index contributed by atoms with van der Waals surface area (Å²) in [4.78, 5) is 6.91. The molecule has 0 saturated heterocycles. The van der Waals surface area contributed by atoms with Crippen LogP contribution in [0, 0.1) is 0 Å². The Bertz CT molecular complexity index is 225. The van der Waals surface area contributed by atoms with Crippen LogP contribution in [0.4, 0.5) is 5.82 Å². The fourth-order valence-corrected chi connectivity index (χ4v) is 1.02. The number of nitrogens with two attached hydrogens (primary N) is 1. The van der Waals surface area contributed by atoms with Crippen LogP contribution in [0.3, 0.4) is 0 Å². The van der Waals surface area contributed by atoms with Crippen LogP contribution < -0.4 is 5.73 Å². The van der Waals surface area contributed by atoms with E-state index in [9.17, 15) is 0 Å². The lowest BCUT2D eigenvalue weighted by molar-refractivity contribution is 0.177. The van der Waals surface area contributed by atoms with E-state index in [-0.39, 0.29) is 5.01 Å². The quantitative estimate of drug-likeness (QED) is 0.744. The first-order valence-corrected chi connectivity index (χ1v) is 4.10. The van der Waals surface area contributed by atoms with Gasteiger partial charge in [0, 0.05) is 13.5 Å². The standard InChI is InChI=1S/C6H10BrN3O/c1-11-4(7)2-6-9-3-5(8)10-6/h3-4H,2,8H2,1H3,(H,9,10). The van der Waals surface area contributed by atoms with Crippen molar-refractivity contribution in [3.63, 3.8) is 0 Å². The predicted molar refractivity (Wildman–Crippen MR) is 46.4 cm³/mol. The number of anilines is 1. The number of methoxy groups -OCH3 is 1. The van der Waals surface area contributed by atoms with Crippen molar-refractivity contribution in [2.75, 3.05) is 12.8 Å². The second-order valence-electron chi connectivity index (χ2n) is 2.14. The van der Waals surface area contributed by atoms with Crippen LogP contribution in [0.1, 0.15) is 5.82 Å². The Hall–Kier alpha value is -0.550. The van der Waals surface area contributed by atoms with Crippen molar-refractivity contribution < 1.29 is 4.74 Å². The molecule has 0 amide bonds. The fourth-order valence-electron chi connectivity index (χ4n) is 0.718. The summed E-state index contributed by atoms with van der Waals surface area (Å²) in [6, 6.07) is 0. The van der Waals surface area contributed by atoms with Gasteiger partial charge in [0.05, 0.1) is 6.20 Å². The van der Waals surface area contributed by atoms with E-state index in [1.165, 1.54) is 0 Å². The number of nitrogen functional groups attached to an aromatic ring is 1. The summed E-state index contributed by atoms with van der Waals surface area (Å²) in [5, 5.41) is -0.00644. The zero-order chi connectivity index (χ0) is 8.27. The van der Waals surface area contributed by atoms with E-state index in [1.807, 2.05) is 0 Å². The van der Waals surface area contributed by atoms with Crippen LogP contribution in [-0.2, 0) is 11.2 Å². The summed E-state index contributed by atoms with van der Waals surface area (Å²) in [6.45, 7) is 0. The van der Waals surface area contributed by atoms with Gasteiger partial charge in [-0.1, -0.05) is 15.9 Å². The number of aromatic amines is 1. The minimum absolute atomic E-state index is 0.00644. The van der Waals surface area contributed by atoms with Crippen molar-refractivity contribution in [3.05, 3.63) is 12.0 Å². The number of hydrogen-bond acceptors (Lipinski definition) is 3. The average molecular weight is 220 g/mol. The molecule has 0 bridgehead atoms. The summed E-state index contributed by atoms with van der Waals surface area (Å²) in [6.07, 6.45) is 2.28. The molecule has 1 atom stereocenters. The lowest BCUT2D eigenvalue weighted by atomic mass is 10.4. The normalized spacial score (nSPS) is 13.3. The van der Waals surface area contributed by atoms with E-state index in [1.54, 1.807) is 13.3 Å². The first kappa shape index (κ1) is 8.55. The molecule has 5 heteroatoms. The minimum Gasteiger partial charge on any atom is -0.384 e. The molecule has 4 nitrogen and oxygen atoms in total. The molecular weight excluding hydrogens is 210 g/mol. The SMILES string of the molecule is COC(Br)Cc1ncc(N)[nH]1. The summed E-state index contributed by atoms with van der Waals surface area (Å²) in [5.41, 5.74) is 5.42. The summed E-state index contributed by atoms with van der Waals surface area (Å²) >= 11 is 3.30. The van der Waals surface area contributed by atoms with Crippen molar-refractivity contribution in [2.24, 2.45) is 0 Å². The van der Waals surface area contributed by atoms with E-state index in [4.69, 9.17) is 10.5 Å². The fraction of sp³-hybridized carbons (Fsp3) is 0.500. The monoisotopic (exact) mass is 219 g/mol. The van der Waals surface area contributed by atoms with Gasteiger partial charge >= 0.3 is 0 Å². The minimum atomic E-state index is -0.00644. The maximum absolute atomic E-state index is 5.42. The molecular formula is C6H10BrN3O. The van der Waals surface area contributed by atoms with Crippen LogP contribution >= 0.6 is 15.9 Å². The molecule has 1 aromatic rings. The number of rotatable bonds is 3. The first-order valence-electron chi connectivity index (χ1n) is 3.18. The Balaban J connectivity index is 2.50. The van der Waals surface area contributed by atoms with Crippen LogP contribution in [0.5, 0.6) is 0 Å². The van der Waals surface area contributed by atoms with Crippen molar-refractivity contribution in [3.8, 4) is 0 Å². The third kappa shape index (κ3) is 2.51. The van der Waals surface area contributed by atoms with Crippen molar-refractivity contribution in [1.29, 1.82) is 0 Å². The lowest BCUT2D eigenvalue weighted by Crippen LogP contribution is -2.05. The van der Waals surface area contributed by atoms with Crippen LogP contribution in [0.15, 0.2) is 6.20 Å². The van der Waals surface area contributed by atoms with Gasteiger partial charge in [-0.2, -0.15) is 0 Å². The van der Waals surface area contributed by atoms with Gasteiger partial charge in [-0.25, -0.2) is 4.98 Å². The smallest absolute Gasteiger partial charge is 0.120 e. The van der Waals surface area contributed by atoms with Crippen LogP contribution in [0.25, 0.3) is 0 Å². The molecule has 0 aliphatic rings. The zero-order valence-corrected chi connectivity index (χ0v) is 7.76. The van der Waals surface area contributed by atoms with Crippen molar-refractivity contribution in [2.45, 2.75) is 11.4 Å². The highest BCUT2D eigenvalue weighted by Gasteiger charge is 2.05. The predicted octanol–water partition coefficient (Wildman–Crippen LogP) is 0.902. The van der Waals surface area contributed by atoms with E-state index < -0.39 is 0 Å². The number of ether oxygens (including phenoxy) is 1. The Labute approximate surface area is 73.3 Å². The Morgan fingerprint density at radius 2 is 2.64 bits per heavy atom. The van der Waals surface area contributed by atoms with E-state index in [2.05, 4.69) is 25.9 Å². The summed E-state index contributed by atoms with van der Waals surface area (Å²) in [7, 11) is 1.63. The van der Waals surface area contributed by atoms with Gasteiger partial charge in [0.1, 0.15) is 16.7 Å². The third-order valence-electron chi connectivity index (χ3n) is 1.26. The largest absolute Gasteiger partial charge is 0.384 e. The van der Waals surface area contributed by atoms with E-state index in [0.29, 0.717) is 12.2 Å². The van der Waals surface area contributed by atoms with Gasteiger partial charge in [-0.15, -0.1) is 0 Å². The molecule has 0 aliphatic heterocycles. The van der Waals surface area contributed by atoms with Gasteiger partial charge in [0.25, 0.3) is 0 Å². The zero-order valence-electron chi connectivity index (χ0n) is 6.17. The number of alkyl halides is 1. The molecule has 1 rings (SSSR count). The second kappa shape index (κ2) is 3.73. The molecule has 0 saturated carbocycles. The number of hydrogen-bond donors (Lipinski definition) is 2. The van der Waals surface area contributed by atoms with Gasteiger partial charge in [0.15, 0.2) is 0 Å². The summed E-state index contributed by atoms with van der Waals surface area (Å²) < 4.78 is 4.98. The molecule has 1 unspecified atom stereocenters. The van der Waals surface area contributed by atoms with Gasteiger partial charge < -0.3 is 15.5 Å². The van der Waals surface area contributed by atoms with E-state index >= 15 is 0 Å². The van der Waals surface area contributed by atoms with E-state index in [0.717, 1.165) is 5.82 Å². The number of nitrogens with one attached hydrogen (secondary N) is 1. The van der Waals surface area contributed by atoms with Gasteiger partial charge in [-0.05, 0) is 0 Å². The molecule has 11 heavy (non-hydrogen) atoms. The number of aromatic nitrogens is 2. The maximum Gasteiger partial charge on any atom is 0.120 e. The number of H-pyrrole nitrogens is 1. The highest BCUT2D eigenvalue weighted by molar-refractivity contribution is 9.09. The molecule has 1 heterocycles. The Kier molecular flexibility index (Phi) is 2.90. The van der Waals surface area contributed by atoms with Crippen LogP contribution in [0.2, 0.25) is 0 Å². The van der Waals surface area contributed by atoms with Crippen molar-refractivity contribution in [1.82, 2.24) is 9.97 Å². The molecule has 1 aromatic heterocycles. The summed E-state index contributed by atoms with van der Waals surface area (Å²) in [5.74, 6) is 1.40. The molecule has 0 radical (unpaired) electrons. The Morgan fingerprint density at radius 3 is 3.09 bits per heavy atom. The van der Waals surface area contributed by atoms with Crippen molar-refractivity contribution >= 4 is 21.7 Å². The molecule has 0 aromatic carbocycles. The number of nitrogens with zero attached hydrogens (tertiary/aromatic N) is 1. The van der Waals surface area contributed by atoms with Gasteiger partial charge in [-0.3, -0.25) is 0 Å². The molecule has 0 spiro atoms. The highest BCUT2D eigenvalue weighted by Crippen LogP contribution is 2.07. The van der Waals surface area contributed by atoms with Gasteiger partial charge in [0.2, 0.25) is 0 Å².